The minimum absolute atomic E-state index is 0.0197. The number of carbonyl (C=O) groups is 3. The Hall–Kier alpha value is -3.05. The van der Waals surface area contributed by atoms with Crippen molar-refractivity contribution < 1.29 is 14.4 Å². The van der Waals surface area contributed by atoms with E-state index in [1.807, 2.05) is 35.2 Å². The van der Waals surface area contributed by atoms with Crippen LogP contribution in [0.15, 0.2) is 30.3 Å². The van der Waals surface area contributed by atoms with Crippen LogP contribution < -0.4 is 5.32 Å². The minimum Gasteiger partial charge on any atom is -0.337 e. The van der Waals surface area contributed by atoms with Crippen LogP contribution in [0, 0.1) is 18.3 Å². The molecule has 2 heterocycles. The number of carbonyl (C=O) groups excluding carboxylic acids is 3. The maximum absolute atomic E-state index is 13.5. The van der Waals surface area contributed by atoms with Crippen LogP contribution in [0.4, 0.5) is 4.79 Å². The summed E-state index contributed by atoms with van der Waals surface area (Å²) < 4.78 is 0. The van der Waals surface area contributed by atoms with E-state index in [1.54, 1.807) is 14.9 Å². The summed E-state index contributed by atoms with van der Waals surface area (Å²) in [6.45, 7) is 7.66. The van der Waals surface area contributed by atoms with E-state index in [4.69, 9.17) is 6.42 Å². The van der Waals surface area contributed by atoms with Gasteiger partial charge >= 0.3 is 6.03 Å². The average Bonchev–Trinajstić information content (AvgIpc) is 2.82. The lowest BCUT2D eigenvalue weighted by Gasteiger charge is -2.55. The number of fused-ring (bicyclic) bond motifs is 1. The molecule has 0 spiro atoms. The highest BCUT2D eigenvalue weighted by atomic mass is 16.2. The van der Waals surface area contributed by atoms with Crippen molar-refractivity contribution in [1.29, 1.82) is 0 Å². The Kier molecular flexibility index (Phi) is 8.94. The monoisotopic (exact) mass is 467 g/mol. The Bertz CT molecular complexity index is 897. The number of rotatable bonds is 9. The fourth-order valence-corrected chi connectivity index (χ4v) is 4.58. The van der Waals surface area contributed by atoms with Crippen molar-refractivity contribution in [3.8, 4) is 12.3 Å². The summed E-state index contributed by atoms with van der Waals surface area (Å²) in [4.78, 5) is 43.6. The molecule has 0 saturated carbocycles. The second-order valence-electron chi connectivity index (χ2n) is 9.42. The smallest absolute Gasteiger partial charge is 0.334 e. The second kappa shape index (κ2) is 11.9. The van der Waals surface area contributed by atoms with Crippen LogP contribution in [0.5, 0.6) is 0 Å². The molecule has 8 nitrogen and oxygen atoms in total. The van der Waals surface area contributed by atoms with Gasteiger partial charge < -0.3 is 15.1 Å². The van der Waals surface area contributed by atoms with Crippen molar-refractivity contribution in [3.05, 3.63) is 35.9 Å². The molecule has 2 aliphatic heterocycles. The van der Waals surface area contributed by atoms with Crippen molar-refractivity contribution in [1.82, 2.24) is 25.1 Å². The van der Waals surface area contributed by atoms with Crippen molar-refractivity contribution in [3.63, 3.8) is 0 Å². The van der Waals surface area contributed by atoms with Gasteiger partial charge in [0.1, 0.15) is 12.2 Å². The molecule has 1 N–H and O–H groups in total. The molecule has 0 aliphatic carbocycles. The zero-order chi connectivity index (χ0) is 24.7. The highest BCUT2D eigenvalue weighted by molar-refractivity contribution is 5.91. The Labute approximate surface area is 203 Å². The molecular formula is C26H37N5O3. The molecule has 1 aromatic carbocycles. The SMILES string of the molecule is C#CCN1CC(=O)N2[C@@H](CCCC)C(=O)N(CCC(C)C)C[C@@H]2N1C(=O)NCc1ccccc1. The number of piperazine rings is 1. The summed E-state index contributed by atoms with van der Waals surface area (Å²) in [5.74, 6) is 2.83. The van der Waals surface area contributed by atoms with E-state index in [-0.39, 0.29) is 37.5 Å². The van der Waals surface area contributed by atoms with Crippen LogP contribution in [0.3, 0.4) is 0 Å². The molecule has 4 amide bonds. The number of nitrogens with one attached hydrogen (secondary N) is 1. The van der Waals surface area contributed by atoms with Crippen molar-refractivity contribution in [2.45, 2.75) is 65.2 Å². The van der Waals surface area contributed by atoms with E-state index in [0.717, 1.165) is 24.8 Å². The minimum atomic E-state index is -0.586. The predicted octanol–water partition coefficient (Wildman–Crippen LogP) is 2.66. The third-order valence-corrected chi connectivity index (χ3v) is 6.41. The summed E-state index contributed by atoms with van der Waals surface area (Å²) >= 11 is 0. The van der Waals surface area contributed by atoms with Gasteiger partial charge in [-0.1, -0.05) is 69.9 Å². The van der Waals surface area contributed by atoms with E-state index >= 15 is 0 Å². The quantitative estimate of drug-likeness (QED) is 0.567. The highest BCUT2D eigenvalue weighted by Gasteiger charge is 2.50. The lowest BCUT2D eigenvalue weighted by molar-refractivity contribution is -0.189. The first-order valence-corrected chi connectivity index (χ1v) is 12.3. The van der Waals surface area contributed by atoms with Gasteiger partial charge in [-0.25, -0.2) is 9.80 Å². The number of urea groups is 1. The number of nitrogens with zero attached hydrogens (tertiary/aromatic N) is 4. The van der Waals surface area contributed by atoms with Crippen molar-refractivity contribution in [2.75, 3.05) is 26.2 Å². The average molecular weight is 468 g/mol. The molecular weight excluding hydrogens is 430 g/mol. The first-order chi connectivity index (χ1) is 16.4. The third kappa shape index (κ3) is 5.89. The molecule has 1 aromatic rings. The van der Waals surface area contributed by atoms with Gasteiger partial charge in [0.2, 0.25) is 11.8 Å². The van der Waals surface area contributed by atoms with Gasteiger partial charge in [0.05, 0.1) is 19.6 Å². The molecule has 184 valence electrons. The van der Waals surface area contributed by atoms with Crippen LogP contribution in [-0.2, 0) is 16.1 Å². The fourth-order valence-electron chi connectivity index (χ4n) is 4.58. The lowest BCUT2D eigenvalue weighted by atomic mass is 10.00. The molecule has 0 bridgehead atoms. The number of hydrogen-bond acceptors (Lipinski definition) is 4. The van der Waals surface area contributed by atoms with Gasteiger partial charge in [-0.05, 0) is 24.3 Å². The van der Waals surface area contributed by atoms with E-state index in [1.165, 1.54) is 0 Å². The van der Waals surface area contributed by atoms with E-state index in [9.17, 15) is 14.4 Å². The fraction of sp³-hybridized carbons (Fsp3) is 0.577. The number of terminal acetylenes is 1. The van der Waals surface area contributed by atoms with Gasteiger partial charge in [0.25, 0.3) is 0 Å². The standard InChI is InChI=1S/C26H37N5O3/c1-5-7-13-22-25(33)28(16-14-20(3)4)18-23-30(22)24(32)19-29(15-6-2)31(23)26(34)27-17-21-11-9-8-10-12-21/h2,8-12,20,22-23H,5,7,13-19H2,1,3-4H3,(H,27,34)/t22-,23-/m0/s1. The summed E-state index contributed by atoms with van der Waals surface area (Å²) in [6, 6.07) is 8.77. The Morgan fingerprint density at radius 3 is 2.62 bits per heavy atom. The number of unbranched alkanes of at least 4 members (excludes halogenated alkanes) is 1. The van der Waals surface area contributed by atoms with Gasteiger partial charge in [0.15, 0.2) is 0 Å². The molecule has 3 rings (SSSR count). The molecule has 0 radical (unpaired) electrons. The second-order valence-corrected chi connectivity index (χ2v) is 9.42. The Morgan fingerprint density at radius 2 is 1.97 bits per heavy atom. The molecule has 2 atom stereocenters. The lowest BCUT2D eigenvalue weighted by Crippen LogP contribution is -2.76. The molecule has 0 unspecified atom stereocenters. The van der Waals surface area contributed by atoms with Gasteiger partial charge in [-0.2, -0.15) is 5.01 Å². The maximum Gasteiger partial charge on any atom is 0.334 e. The predicted molar refractivity (Wildman–Crippen MR) is 131 cm³/mol. The van der Waals surface area contributed by atoms with Crippen LogP contribution in [-0.4, -0.2) is 76.0 Å². The molecule has 2 fully saturated rings. The normalized spacial score (nSPS) is 21.0. The highest BCUT2D eigenvalue weighted by Crippen LogP contribution is 2.29. The van der Waals surface area contributed by atoms with Gasteiger partial charge in [0, 0.05) is 13.1 Å². The number of amides is 4. The first kappa shape index (κ1) is 25.6. The zero-order valence-corrected chi connectivity index (χ0v) is 20.6. The number of hydrogen-bond donors (Lipinski definition) is 1. The number of benzene rings is 1. The van der Waals surface area contributed by atoms with Gasteiger partial charge in [-0.3, -0.25) is 9.59 Å². The summed E-state index contributed by atoms with van der Waals surface area (Å²) in [7, 11) is 0. The van der Waals surface area contributed by atoms with Crippen LogP contribution in [0.2, 0.25) is 0 Å². The van der Waals surface area contributed by atoms with Crippen molar-refractivity contribution in [2.24, 2.45) is 5.92 Å². The third-order valence-electron chi connectivity index (χ3n) is 6.41. The van der Waals surface area contributed by atoms with Gasteiger partial charge in [-0.15, -0.1) is 6.42 Å². The zero-order valence-electron chi connectivity index (χ0n) is 20.6. The first-order valence-electron chi connectivity index (χ1n) is 12.3. The summed E-state index contributed by atoms with van der Waals surface area (Å²) in [6.07, 6.45) is 8.20. The molecule has 8 heteroatoms. The van der Waals surface area contributed by atoms with Crippen LogP contribution in [0.25, 0.3) is 0 Å². The molecule has 0 aromatic heterocycles. The van der Waals surface area contributed by atoms with Crippen molar-refractivity contribution >= 4 is 17.8 Å². The van der Waals surface area contributed by atoms with Crippen LogP contribution >= 0.6 is 0 Å². The van der Waals surface area contributed by atoms with E-state index in [2.05, 4.69) is 32.0 Å². The Balaban J connectivity index is 1.89. The molecule has 2 aliphatic rings. The summed E-state index contributed by atoms with van der Waals surface area (Å²) in [5, 5.41) is 6.16. The van der Waals surface area contributed by atoms with Crippen LogP contribution in [0.1, 0.15) is 52.0 Å². The molecule has 34 heavy (non-hydrogen) atoms. The largest absolute Gasteiger partial charge is 0.337 e. The van der Waals surface area contributed by atoms with E-state index < -0.39 is 12.2 Å². The molecule has 2 saturated heterocycles. The van der Waals surface area contributed by atoms with E-state index in [0.29, 0.717) is 25.4 Å². The maximum atomic E-state index is 13.5. The Morgan fingerprint density at radius 1 is 1.24 bits per heavy atom. The number of hydrazine groups is 1. The topological polar surface area (TPSA) is 76.2 Å². The summed E-state index contributed by atoms with van der Waals surface area (Å²) in [5.41, 5.74) is 0.975.